The lowest BCUT2D eigenvalue weighted by molar-refractivity contribution is -0.0210. The van der Waals surface area contributed by atoms with Crippen LogP contribution in [0.1, 0.15) is 34.0 Å². The summed E-state index contributed by atoms with van der Waals surface area (Å²) in [5.74, 6) is -0.333. The highest BCUT2D eigenvalue weighted by atomic mass is 32.2. The molecule has 5 N–H and O–H groups in total. The summed E-state index contributed by atoms with van der Waals surface area (Å²) in [5, 5.41) is 29.2. The fourth-order valence-corrected chi connectivity index (χ4v) is 2.82. The summed E-state index contributed by atoms with van der Waals surface area (Å²) in [6.07, 6.45) is -0.907. The van der Waals surface area contributed by atoms with Crippen LogP contribution in [0.2, 0.25) is 0 Å². The third-order valence-corrected chi connectivity index (χ3v) is 4.37. The highest BCUT2D eigenvalue weighted by Crippen LogP contribution is 2.28. The summed E-state index contributed by atoms with van der Waals surface area (Å²) in [6, 6.07) is 8.54. The lowest BCUT2D eigenvalue weighted by atomic mass is 9.99. The summed E-state index contributed by atoms with van der Waals surface area (Å²) in [7, 11) is -3.22. The predicted octanol–water partition coefficient (Wildman–Crippen LogP) is 1.28. The minimum atomic E-state index is -4.62. The number of hydrogen-bond donors (Lipinski definition) is 5. The number of aromatic hydroxyl groups is 2. The van der Waals surface area contributed by atoms with Gasteiger partial charge in [0.2, 0.25) is 0 Å². The Morgan fingerprint density at radius 3 is 2.41 bits per heavy atom. The molecule has 2 aromatic rings. The van der Waals surface area contributed by atoms with Gasteiger partial charge in [0.15, 0.2) is 17.3 Å². The van der Waals surface area contributed by atoms with Gasteiger partial charge in [-0.1, -0.05) is 17.0 Å². The van der Waals surface area contributed by atoms with Crippen LogP contribution in [-0.2, 0) is 21.6 Å². The molecule has 0 bridgehead atoms. The average Bonchev–Trinajstić information content (AvgIpc) is 2.66. The van der Waals surface area contributed by atoms with E-state index in [9.17, 15) is 28.5 Å². The molecule has 0 aromatic heterocycles. The number of phenols is 2. The Labute approximate surface area is 167 Å². The van der Waals surface area contributed by atoms with Crippen LogP contribution in [0.15, 0.2) is 36.4 Å². The quantitative estimate of drug-likeness (QED) is 0.213. The Kier molecular flexibility index (Phi) is 7.53. The first-order valence-electron chi connectivity index (χ1n) is 8.37. The molecule has 29 heavy (non-hydrogen) atoms. The van der Waals surface area contributed by atoms with Crippen LogP contribution in [-0.4, -0.2) is 47.8 Å². The van der Waals surface area contributed by atoms with Crippen LogP contribution in [0.25, 0.3) is 0 Å². The smallest absolute Gasteiger partial charge is 0.355 e. The molecule has 2 aromatic carbocycles. The fraction of sp³-hybridized carbons (Fsp3) is 0.278. The van der Waals surface area contributed by atoms with E-state index in [-0.39, 0.29) is 41.4 Å². The van der Waals surface area contributed by atoms with Gasteiger partial charge in [-0.2, -0.15) is 8.42 Å². The van der Waals surface area contributed by atoms with E-state index < -0.39 is 23.0 Å². The minimum absolute atomic E-state index is 0.0584. The molecule has 1 atom stereocenters. The van der Waals surface area contributed by atoms with Crippen molar-refractivity contribution < 1.29 is 42.7 Å². The number of phenolic OH excluding ortho intramolecular Hbond substituents is 2. The number of carbonyl (C=O) groups is 1. The molecule has 1 unspecified atom stereocenters. The number of nitrogens with one attached hydrogen (secondary N) is 1. The van der Waals surface area contributed by atoms with Gasteiger partial charge >= 0.3 is 10.3 Å². The van der Waals surface area contributed by atoms with E-state index >= 15 is 0 Å². The van der Waals surface area contributed by atoms with Crippen LogP contribution >= 0.6 is 0 Å². The van der Waals surface area contributed by atoms with Crippen molar-refractivity contribution in [3.8, 4) is 17.2 Å². The van der Waals surface area contributed by atoms with Gasteiger partial charge < -0.3 is 20.1 Å². The standard InChI is InChI=1S/C18H21NO9S/c1-27-17-7-5-12(8-16(17)23)14(21)6-4-11-2-3-13(9-15(11)22)18(10-20)28-19-29(24,25)26/h2-3,5,7-9,18-20,22-23H,4,6,10H2,1H3,(H,24,25,26). The second-order valence-corrected chi connectivity index (χ2v) is 7.16. The molecule has 0 fully saturated rings. The average molecular weight is 427 g/mol. The van der Waals surface area contributed by atoms with E-state index in [1.54, 1.807) is 0 Å². The Bertz CT molecular complexity index is 975. The first-order valence-corrected chi connectivity index (χ1v) is 9.81. The molecule has 11 heteroatoms. The van der Waals surface area contributed by atoms with Crippen molar-refractivity contribution in [2.75, 3.05) is 13.7 Å². The van der Waals surface area contributed by atoms with Gasteiger partial charge in [-0.3, -0.25) is 14.2 Å². The van der Waals surface area contributed by atoms with E-state index in [0.717, 1.165) is 0 Å². The molecule has 0 saturated carbocycles. The van der Waals surface area contributed by atoms with E-state index in [4.69, 9.17) is 9.29 Å². The highest BCUT2D eigenvalue weighted by molar-refractivity contribution is 7.83. The SMILES string of the molecule is COc1ccc(C(=O)CCc2ccc(C(CO)ONS(=O)(=O)O)cc2O)cc1O. The monoisotopic (exact) mass is 427 g/mol. The number of carbonyl (C=O) groups excluding carboxylic acids is 1. The largest absolute Gasteiger partial charge is 0.508 e. The molecule has 0 aliphatic carbocycles. The van der Waals surface area contributed by atoms with Gasteiger partial charge in [-0.05, 0) is 41.8 Å². The van der Waals surface area contributed by atoms with Gasteiger partial charge in [0, 0.05) is 12.0 Å². The number of aliphatic hydroxyl groups excluding tert-OH is 1. The number of aryl methyl sites for hydroxylation is 1. The second kappa shape index (κ2) is 9.67. The number of ether oxygens (including phenoxy) is 1. The molecule has 0 amide bonds. The van der Waals surface area contributed by atoms with Gasteiger partial charge in [0.05, 0.1) is 13.7 Å². The molecule has 0 heterocycles. The summed E-state index contributed by atoms with van der Waals surface area (Å²) < 4.78 is 34.9. The number of benzene rings is 2. The van der Waals surface area contributed by atoms with Gasteiger partial charge in [-0.25, -0.2) is 0 Å². The van der Waals surface area contributed by atoms with Crippen LogP contribution in [0.5, 0.6) is 17.2 Å². The molecule has 0 saturated heterocycles. The van der Waals surface area contributed by atoms with E-state index in [1.165, 1.54) is 48.4 Å². The number of aliphatic hydroxyl groups is 1. The Hall–Kier alpha value is -2.70. The van der Waals surface area contributed by atoms with Crippen molar-refractivity contribution in [1.82, 2.24) is 4.89 Å². The first-order chi connectivity index (χ1) is 13.6. The molecule has 0 aliphatic heterocycles. The number of hydrogen-bond acceptors (Lipinski definition) is 8. The van der Waals surface area contributed by atoms with Crippen molar-refractivity contribution in [3.63, 3.8) is 0 Å². The molecule has 0 spiro atoms. The maximum absolute atomic E-state index is 12.3. The van der Waals surface area contributed by atoms with Crippen LogP contribution < -0.4 is 9.62 Å². The fourth-order valence-electron chi connectivity index (χ4n) is 2.58. The van der Waals surface area contributed by atoms with Crippen molar-refractivity contribution >= 4 is 16.1 Å². The third kappa shape index (κ3) is 6.41. The Balaban J connectivity index is 2.04. The zero-order chi connectivity index (χ0) is 21.6. The molecule has 0 aliphatic rings. The van der Waals surface area contributed by atoms with Crippen molar-refractivity contribution in [1.29, 1.82) is 0 Å². The highest BCUT2D eigenvalue weighted by Gasteiger charge is 2.17. The molecule has 10 nitrogen and oxygen atoms in total. The summed E-state index contributed by atoms with van der Waals surface area (Å²) >= 11 is 0. The number of Topliss-reactive ketones (excluding diaryl/α,β-unsaturated/α-hetero) is 1. The Morgan fingerprint density at radius 2 is 1.86 bits per heavy atom. The van der Waals surface area contributed by atoms with Crippen molar-refractivity contribution in [2.45, 2.75) is 18.9 Å². The first kappa shape index (κ1) is 22.6. The topological polar surface area (TPSA) is 163 Å². The van der Waals surface area contributed by atoms with Crippen LogP contribution in [0.4, 0.5) is 0 Å². The maximum atomic E-state index is 12.3. The summed E-state index contributed by atoms with van der Waals surface area (Å²) in [5.41, 5.74) is 0.986. The van der Waals surface area contributed by atoms with E-state index in [1.807, 2.05) is 0 Å². The third-order valence-electron chi connectivity index (χ3n) is 4.06. The van der Waals surface area contributed by atoms with Gasteiger partial charge in [-0.15, -0.1) is 0 Å². The lowest BCUT2D eigenvalue weighted by Crippen LogP contribution is -2.26. The Morgan fingerprint density at radius 1 is 1.14 bits per heavy atom. The maximum Gasteiger partial charge on any atom is 0.355 e. The normalized spacial score (nSPS) is 12.5. The van der Waals surface area contributed by atoms with E-state index in [0.29, 0.717) is 11.1 Å². The van der Waals surface area contributed by atoms with Crippen molar-refractivity contribution in [3.05, 3.63) is 53.1 Å². The zero-order valence-electron chi connectivity index (χ0n) is 15.4. The molecular formula is C18H21NO9S. The molecule has 2 rings (SSSR count). The lowest BCUT2D eigenvalue weighted by Gasteiger charge is -2.16. The second-order valence-electron chi connectivity index (χ2n) is 6.05. The summed E-state index contributed by atoms with van der Waals surface area (Å²) in [4.78, 5) is 18.4. The summed E-state index contributed by atoms with van der Waals surface area (Å²) in [6.45, 7) is -0.624. The predicted molar refractivity (Wildman–Crippen MR) is 101 cm³/mol. The molecule has 158 valence electrons. The van der Waals surface area contributed by atoms with Crippen LogP contribution in [0, 0.1) is 0 Å². The van der Waals surface area contributed by atoms with Gasteiger partial charge in [0.1, 0.15) is 11.9 Å². The minimum Gasteiger partial charge on any atom is -0.508 e. The van der Waals surface area contributed by atoms with E-state index in [2.05, 4.69) is 4.84 Å². The zero-order valence-corrected chi connectivity index (χ0v) is 16.2. The van der Waals surface area contributed by atoms with Crippen LogP contribution in [0.3, 0.4) is 0 Å². The van der Waals surface area contributed by atoms with Crippen molar-refractivity contribution in [2.24, 2.45) is 0 Å². The molecular weight excluding hydrogens is 406 g/mol. The number of ketones is 1. The molecule has 0 radical (unpaired) electrons. The number of methoxy groups -OCH3 is 1. The van der Waals surface area contributed by atoms with Gasteiger partial charge in [0.25, 0.3) is 0 Å². The number of rotatable bonds is 10.